The van der Waals surface area contributed by atoms with Gasteiger partial charge in [0.15, 0.2) is 5.11 Å². The molecule has 1 N–H and O–H groups in total. The Balaban J connectivity index is 2.84. The quantitative estimate of drug-likeness (QED) is 0.813. The Bertz CT molecular complexity index is 409. The fourth-order valence-corrected chi connectivity index (χ4v) is 1.52. The Morgan fingerprint density at radius 2 is 2.19 bits per heavy atom. The van der Waals surface area contributed by atoms with Crippen LogP contribution >= 0.6 is 12.2 Å². The third kappa shape index (κ3) is 2.94. The van der Waals surface area contributed by atoms with Crippen molar-refractivity contribution in [3.05, 3.63) is 29.8 Å². The summed E-state index contributed by atoms with van der Waals surface area (Å²) in [4.78, 5) is 1.82. The lowest BCUT2D eigenvalue weighted by atomic mass is 10.2. The van der Waals surface area contributed by atoms with Crippen molar-refractivity contribution in [1.29, 1.82) is 5.26 Å². The van der Waals surface area contributed by atoms with Gasteiger partial charge in [0.2, 0.25) is 0 Å². The number of nitrogens with one attached hydrogen (secondary N) is 1. The fraction of sp³-hybridized carbons (Fsp3) is 0.333. The van der Waals surface area contributed by atoms with Crippen molar-refractivity contribution in [2.75, 3.05) is 18.5 Å². The molecule has 3 nitrogen and oxygen atoms in total. The van der Waals surface area contributed by atoms with Crippen LogP contribution in [0.15, 0.2) is 24.3 Å². The predicted molar refractivity (Wildman–Crippen MR) is 70.5 cm³/mol. The zero-order chi connectivity index (χ0) is 12.0. The normalized spacial score (nSPS) is 9.31. The molecule has 16 heavy (non-hydrogen) atoms. The SMILES string of the molecule is CCCNC(=S)N(C)c1ccccc1C#N. The van der Waals surface area contributed by atoms with E-state index in [-0.39, 0.29) is 0 Å². The van der Waals surface area contributed by atoms with Crippen LogP contribution in [-0.4, -0.2) is 18.7 Å². The van der Waals surface area contributed by atoms with E-state index in [1.54, 1.807) is 6.07 Å². The molecule has 0 aliphatic heterocycles. The van der Waals surface area contributed by atoms with Gasteiger partial charge in [-0.1, -0.05) is 19.1 Å². The Morgan fingerprint density at radius 3 is 2.81 bits per heavy atom. The second-order valence-electron chi connectivity index (χ2n) is 3.42. The fourth-order valence-electron chi connectivity index (χ4n) is 1.32. The lowest BCUT2D eigenvalue weighted by Gasteiger charge is -2.21. The summed E-state index contributed by atoms with van der Waals surface area (Å²) in [6.45, 7) is 2.93. The molecule has 0 heterocycles. The summed E-state index contributed by atoms with van der Waals surface area (Å²) in [7, 11) is 1.86. The van der Waals surface area contributed by atoms with Crippen LogP contribution in [0.5, 0.6) is 0 Å². The van der Waals surface area contributed by atoms with Gasteiger partial charge < -0.3 is 10.2 Å². The highest BCUT2D eigenvalue weighted by molar-refractivity contribution is 7.80. The van der Waals surface area contributed by atoms with Gasteiger partial charge in [-0.15, -0.1) is 0 Å². The summed E-state index contributed by atoms with van der Waals surface area (Å²) >= 11 is 5.24. The second-order valence-corrected chi connectivity index (χ2v) is 3.81. The highest BCUT2D eigenvalue weighted by atomic mass is 32.1. The lowest BCUT2D eigenvalue weighted by Crippen LogP contribution is -2.37. The minimum atomic E-state index is 0.630. The summed E-state index contributed by atoms with van der Waals surface area (Å²) in [6, 6.07) is 9.58. The van der Waals surface area contributed by atoms with Crippen molar-refractivity contribution in [2.45, 2.75) is 13.3 Å². The van der Waals surface area contributed by atoms with Gasteiger partial charge in [-0.3, -0.25) is 0 Å². The van der Waals surface area contributed by atoms with Crippen molar-refractivity contribution >= 4 is 23.0 Å². The number of anilines is 1. The van der Waals surface area contributed by atoms with E-state index in [4.69, 9.17) is 17.5 Å². The molecule has 0 spiro atoms. The summed E-state index contributed by atoms with van der Waals surface area (Å²) in [5.74, 6) is 0. The first-order valence-corrected chi connectivity index (χ1v) is 5.62. The zero-order valence-corrected chi connectivity index (χ0v) is 10.3. The van der Waals surface area contributed by atoms with E-state index in [9.17, 15) is 0 Å². The zero-order valence-electron chi connectivity index (χ0n) is 9.53. The Kier molecular flexibility index (Phi) is 4.74. The minimum Gasteiger partial charge on any atom is -0.362 e. The second kappa shape index (κ2) is 6.09. The van der Waals surface area contributed by atoms with E-state index in [1.807, 2.05) is 30.1 Å². The summed E-state index contributed by atoms with van der Waals surface area (Å²) < 4.78 is 0. The molecular weight excluding hydrogens is 218 g/mol. The average molecular weight is 233 g/mol. The molecule has 0 bridgehead atoms. The van der Waals surface area contributed by atoms with Gasteiger partial charge in [-0.25, -0.2) is 0 Å². The third-order valence-electron chi connectivity index (χ3n) is 2.22. The predicted octanol–water partition coefficient (Wildman–Crippen LogP) is 2.28. The highest BCUT2D eigenvalue weighted by Crippen LogP contribution is 2.17. The van der Waals surface area contributed by atoms with E-state index in [0.29, 0.717) is 10.7 Å². The van der Waals surface area contributed by atoms with Crippen molar-refractivity contribution in [3.8, 4) is 6.07 Å². The summed E-state index contributed by atoms with van der Waals surface area (Å²) in [5, 5.41) is 12.8. The van der Waals surface area contributed by atoms with E-state index in [0.717, 1.165) is 18.7 Å². The number of benzene rings is 1. The number of para-hydroxylation sites is 1. The molecule has 0 aliphatic rings. The first-order chi connectivity index (χ1) is 7.70. The number of rotatable bonds is 3. The van der Waals surface area contributed by atoms with E-state index in [2.05, 4.69) is 18.3 Å². The lowest BCUT2D eigenvalue weighted by molar-refractivity contribution is 0.837. The van der Waals surface area contributed by atoms with Gasteiger partial charge in [-0.2, -0.15) is 5.26 Å². The molecule has 0 saturated carbocycles. The van der Waals surface area contributed by atoms with Gasteiger partial charge in [0.25, 0.3) is 0 Å². The van der Waals surface area contributed by atoms with Crippen molar-refractivity contribution in [1.82, 2.24) is 5.32 Å². The average Bonchev–Trinajstić information content (AvgIpc) is 2.34. The molecule has 1 aromatic carbocycles. The van der Waals surface area contributed by atoms with Gasteiger partial charge in [0, 0.05) is 13.6 Å². The molecule has 0 radical (unpaired) electrons. The van der Waals surface area contributed by atoms with Gasteiger partial charge >= 0.3 is 0 Å². The van der Waals surface area contributed by atoms with Crippen LogP contribution in [0.2, 0.25) is 0 Å². The maximum Gasteiger partial charge on any atom is 0.173 e. The molecule has 1 aromatic rings. The maximum absolute atomic E-state index is 8.98. The smallest absolute Gasteiger partial charge is 0.173 e. The standard InChI is InChI=1S/C12H15N3S/c1-3-8-14-12(16)15(2)11-7-5-4-6-10(11)9-13/h4-7H,3,8H2,1-2H3,(H,14,16). The van der Waals surface area contributed by atoms with Crippen LogP contribution in [0.25, 0.3) is 0 Å². The Hall–Kier alpha value is -1.60. The monoisotopic (exact) mass is 233 g/mol. The van der Waals surface area contributed by atoms with Crippen molar-refractivity contribution < 1.29 is 0 Å². The molecule has 0 saturated heterocycles. The van der Waals surface area contributed by atoms with Crippen LogP contribution < -0.4 is 10.2 Å². The molecule has 0 fully saturated rings. The van der Waals surface area contributed by atoms with Crippen LogP contribution in [0.3, 0.4) is 0 Å². The first-order valence-electron chi connectivity index (χ1n) is 5.21. The van der Waals surface area contributed by atoms with Gasteiger partial charge in [0.05, 0.1) is 11.3 Å². The number of thiocarbonyl (C=S) groups is 1. The topological polar surface area (TPSA) is 39.1 Å². The molecule has 0 aliphatic carbocycles. The van der Waals surface area contributed by atoms with Crippen molar-refractivity contribution in [2.24, 2.45) is 0 Å². The van der Waals surface area contributed by atoms with Crippen molar-refractivity contribution in [3.63, 3.8) is 0 Å². The molecule has 0 aromatic heterocycles. The highest BCUT2D eigenvalue weighted by Gasteiger charge is 2.09. The largest absolute Gasteiger partial charge is 0.362 e. The van der Waals surface area contributed by atoms with Crippen LogP contribution in [-0.2, 0) is 0 Å². The number of nitriles is 1. The Labute approximate surface area is 102 Å². The maximum atomic E-state index is 8.98. The number of hydrogen-bond donors (Lipinski definition) is 1. The molecule has 0 unspecified atom stereocenters. The number of hydrogen-bond acceptors (Lipinski definition) is 2. The molecule has 0 atom stereocenters. The van der Waals surface area contributed by atoms with E-state index >= 15 is 0 Å². The van der Waals surface area contributed by atoms with Crippen LogP contribution in [0.1, 0.15) is 18.9 Å². The molecule has 1 rings (SSSR count). The van der Waals surface area contributed by atoms with E-state index < -0.39 is 0 Å². The van der Waals surface area contributed by atoms with Crippen LogP contribution in [0, 0.1) is 11.3 Å². The minimum absolute atomic E-state index is 0.630. The van der Waals surface area contributed by atoms with Gasteiger partial charge in [-0.05, 0) is 30.8 Å². The van der Waals surface area contributed by atoms with Crippen LogP contribution in [0.4, 0.5) is 5.69 Å². The Morgan fingerprint density at radius 1 is 1.50 bits per heavy atom. The van der Waals surface area contributed by atoms with Gasteiger partial charge in [0.1, 0.15) is 6.07 Å². The number of nitrogens with zero attached hydrogens (tertiary/aromatic N) is 2. The first kappa shape index (κ1) is 12.5. The molecule has 0 amide bonds. The summed E-state index contributed by atoms with van der Waals surface area (Å²) in [6.07, 6.45) is 1.02. The molecular formula is C12H15N3S. The third-order valence-corrected chi connectivity index (χ3v) is 2.63. The van der Waals surface area contributed by atoms with E-state index in [1.165, 1.54) is 0 Å². The molecule has 4 heteroatoms. The summed E-state index contributed by atoms with van der Waals surface area (Å²) in [5.41, 5.74) is 1.46. The molecule has 84 valence electrons.